The Morgan fingerprint density at radius 3 is 2.52 bits per heavy atom. The van der Waals surface area contributed by atoms with E-state index in [1.54, 1.807) is 0 Å². The van der Waals surface area contributed by atoms with Crippen LogP contribution in [0.25, 0.3) is 21.8 Å². The summed E-state index contributed by atoms with van der Waals surface area (Å²) >= 11 is 0. The van der Waals surface area contributed by atoms with Crippen LogP contribution in [0.2, 0.25) is 0 Å². The van der Waals surface area contributed by atoms with Crippen molar-refractivity contribution in [1.82, 2.24) is 9.88 Å². The average molecular weight is 449 g/mol. The van der Waals surface area contributed by atoms with Gasteiger partial charge in [-0.3, -0.25) is 4.90 Å². The summed E-state index contributed by atoms with van der Waals surface area (Å²) in [5.74, 6) is 1.50. The number of hydrogen-bond acceptors (Lipinski definition) is 5. The van der Waals surface area contributed by atoms with Gasteiger partial charge >= 0.3 is 0 Å². The van der Waals surface area contributed by atoms with E-state index in [1.165, 1.54) is 5.39 Å². The first-order chi connectivity index (χ1) is 16.2. The molecule has 0 bridgehead atoms. The topological polar surface area (TPSA) is 78.0 Å². The molecule has 33 heavy (non-hydrogen) atoms. The predicted molar refractivity (Wildman–Crippen MR) is 132 cm³/mol. The number of aliphatic hydroxyl groups excluding tert-OH is 2. The third-order valence-corrected chi connectivity index (χ3v) is 5.63. The Morgan fingerprint density at radius 1 is 0.939 bits per heavy atom. The van der Waals surface area contributed by atoms with Gasteiger partial charge in [-0.15, -0.1) is 0 Å². The molecular formula is C27H32N2O4. The van der Waals surface area contributed by atoms with E-state index in [4.69, 9.17) is 14.6 Å². The highest BCUT2D eigenvalue weighted by atomic mass is 16.5. The van der Waals surface area contributed by atoms with E-state index >= 15 is 0 Å². The van der Waals surface area contributed by atoms with Crippen molar-refractivity contribution in [3.63, 3.8) is 0 Å². The van der Waals surface area contributed by atoms with E-state index in [0.717, 1.165) is 53.0 Å². The molecule has 0 aliphatic rings. The molecule has 1 atom stereocenters. The fourth-order valence-corrected chi connectivity index (χ4v) is 4.17. The fourth-order valence-electron chi connectivity index (χ4n) is 4.17. The van der Waals surface area contributed by atoms with Gasteiger partial charge in [0.15, 0.2) is 0 Å². The number of aromatic amines is 1. The summed E-state index contributed by atoms with van der Waals surface area (Å²) in [6, 6.07) is 22.1. The van der Waals surface area contributed by atoms with Crippen molar-refractivity contribution in [2.75, 3.05) is 32.9 Å². The van der Waals surface area contributed by atoms with E-state index in [2.05, 4.69) is 35.0 Å². The molecule has 0 saturated carbocycles. The van der Waals surface area contributed by atoms with Crippen LogP contribution < -0.4 is 9.47 Å². The number of hydrogen-bond donors (Lipinski definition) is 3. The molecule has 6 nitrogen and oxygen atoms in total. The smallest absolute Gasteiger partial charge is 0.143 e. The van der Waals surface area contributed by atoms with Crippen LogP contribution in [0.1, 0.15) is 18.9 Å². The Hall–Kier alpha value is -3.06. The van der Waals surface area contributed by atoms with Gasteiger partial charge in [0.05, 0.1) is 12.1 Å². The molecule has 0 radical (unpaired) electrons. The van der Waals surface area contributed by atoms with Gasteiger partial charge in [0, 0.05) is 29.4 Å². The summed E-state index contributed by atoms with van der Waals surface area (Å²) in [7, 11) is 0. The van der Waals surface area contributed by atoms with Crippen molar-refractivity contribution in [1.29, 1.82) is 0 Å². The number of nitrogens with zero attached hydrogens (tertiary/aromatic N) is 1. The second-order valence-corrected chi connectivity index (χ2v) is 8.27. The van der Waals surface area contributed by atoms with Gasteiger partial charge in [0.25, 0.3) is 0 Å². The summed E-state index contributed by atoms with van der Waals surface area (Å²) in [6.07, 6.45) is 0.392. The molecule has 3 aromatic carbocycles. The molecule has 0 aliphatic heterocycles. The summed E-state index contributed by atoms with van der Waals surface area (Å²) < 4.78 is 11.5. The lowest BCUT2D eigenvalue weighted by atomic mass is 10.1. The minimum Gasteiger partial charge on any atom is -0.491 e. The third-order valence-electron chi connectivity index (χ3n) is 5.63. The number of ether oxygens (including phenoxy) is 2. The Kier molecular flexibility index (Phi) is 7.83. The van der Waals surface area contributed by atoms with Crippen molar-refractivity contribution in [3.8, 4) is 11.5 Å². The molecule has 4 aromatic rings. The number of aromatic nitrogens is 1. The lowest BCUT2D eigenvalue weighted by Gasteiger charge is -2.25. The van der Waals surface area contributed by atoms with Gasteiger partial charge in [-0.2, -0.15) is 0 Å². The molecule has 4 rings (SSSR count). The Balaban J connectivity index is 1.37. The first-order valence-corrected chi connectivity index (χ1v) is 11.5. The summed E-state index contributed by atoms with van der Waals surface area (Å²) in [4.78, 5) is 5.68. The van der Waals surface area contributed by atoms with E-state index in [0.29, 0.717) is 13.2 Å². The maximum Gasteiger partial charge on any atom is 0.143 e. The van der Waals surface area contributed by atoms with Crippen molar-refractivity contribution in [2.45, 2.75) is 26.0 Å². The average Bonchev–Trinajstić information content (AvgIpc) is 3.22. The molecule has 6 heteroatoms. The van der Waals surface area contributed by atoms with Crippen LogP contribution >= 0.6 is 0 Å². The molecule has 1 aromatic heterocycles. The van der Waals surface area contributed by atoms with Gasteiger partial charge in [-0.25, -0.2) is 0 Å². The lowest BCUT2D eigenvalue weighted by Crippen LogP contribution is -2.35. The number of fused-ring (bicyclic) bond motifs is 3. The molecule has 1 heterocycles. The number of para-hydroxylation sites is 2. The highest BCUT2D eigenvalue weighted by molar-refractivity contribution is 6.09. The van der Waals surface area contributed by atoms with Crippen LogP contribution in [0.4, 0.5) is 0 Å². The largest absolute Gasteiger partial charge is 0.491 e. The maximum atomic E-state index is 10.7. The van der Waals surface area contributed by atoms with Crippen LogP contribution in [-0.4, -0.2) is 59.1 Å². The van der Waals surface area contributed by atoms with Gasteiger partial charge in [0.2, 0.25) is 0 Å². The third kappa shape index (κ3) is 5.85. The molecule has 0 fully saturated rings. The highest BCUT2D eigenvalue weighted by Gasteiger charge is 2.15. The van der Waals surface area contributed by atoms with Crippen molar-refractivity contribution >= 4 is 21.8 Å². The number of aliphatic hydroxyl groups is 2. The Bertz CT molecular complexity index is 1160. The molecule has 0 aliphatic carbocycles. The van der Waals surface area contributed by atoms with Crippen molar-refractivity contribution in [2.24, 2.45) is 0 Å². The molecule has 0 spiro atoms. The predicted octanol–water partition coefficient (Wildman–Crippen LogP) is 4.34. The van der Waals surface area contributed by atoms with E-state index in [-0.39, 0.29) is 13.2 Å². The van der Waals surface area contributed by atoms with Crippen molar-refractivity contribution < 1.29 is 19.7 Å². The van der Waals surface area contributed by atoms with Crippen LogP contribution in [0.15, 0.2) is 66.7 Å². The SMILES string of the molecule is CCCN(Cc1ccc(OCCO)cc1)C[C@H](O)COc1cccc2c1[nH]c1ccccc12. The molecule has 3 N–H and O–H groups in total. The number of H-pyrrole nitrogens is 1. The quantitative estimate of drug-likeness (QED) is 0.300. The van der Waals surface area contributed by atoms with Crippen LogP contribution in [0.5, 0.6) is 11.5 Å². The van der Waals surface area contributed by atoms with Gasteiger partial charge < -0.3 is 24.7 Å². The lowest BCUT2D eigenvalue weighted by molar-refractivity contribution is 0.0660. The molecule has 0 amide bonds. The minimum absolute atomic E-state index is 0.000766. The maximum absolute atomic E-state index is 10.7. The van der Waals surface area contributed by atoms with Crippen LogP contribution in [0, 0.1) is 0 Å². The standard InChI is InChI=1S/C27H32N2O4/c1-2-14-29(17-20-10-12-22(13-11-20)32-16-15-30)18-21(31)19-33-26-9-5-7-24-23-6-3-4-8-25(23)28-27(24)26/h3-13,21,28,30-31H,2,14-19H2,1H3/t21-/m0/s1. The van der Waals surface area contributed by atoms with Crippen LogP contribution in [-0.2, 0) is 6.54 Å². The minimum atomic E-state index is -0.608. The zero-order chi connectivity index (χ0) is 23.0. The normalized spacial score (nSPS) is 12.5. The molecule has 0 unspecified atom stereocenters. The first kappa shape index (κ1) is 23.1. The van der Waals surface area contributed by atoms with Crippen LogP contribution in [0.3, 0.4) is 0 Å². The second kappa shape index (κ2) is 11.2. The van der Waals surface area contributed by atoms with E-state index in [9.17, 15) is 5.11 Å². The number of benzene rings is 3. The summed E-state index contributed by atoms with van der Waals surface area (Å²) in [5, 5.41) is 21.9. The summed E-state index contributed by atoms with van der Waals surface area (Å²) in [5.41, 5.74) is 3.18. The zero-order valence-corrected chi connectivity index (χ0v) is 19.0. The number of nitrogens with one attached hydrogen (secondary N) is 1. The Labute approximate surface area is 194 Å². The molecule has 174 valence electrons. The second-order valence-electron chi connectivity index (χ2n) is 8.27. The number of rotatable bonds is 12. The first-order valence-electron chi connectivity index (χ1n) is 11.5. The fraction of sp³-hybridized carbons (Fsp3) is 0.333. The molecule has 0 saturated heterocycles. The highest BCUT2D eigenvalue weighted by Crippen LogP contribution is 2.31. The Morgan fingerprint density at radius 2 is 1.73 bits per heavy atom. The van der Waals surface area contributed by atoms with Gasteiger partial charge in [-0.05, 0) is 42.8 Å². The van der Waals surface area contributed by atoms with Gasteiger partial charge in [0.1, 0.15) is 30.8 Å². The van der Waals surface area contributed by atoms with Gasteiger partial charge in [-0.1, -0.05) is 49.4 Å². The van der Waals surface area contributed by atoms with E-state index in [1.807, 2.05) is 48.5 Å². The van der Waals surface area contributed by atoms with Crippen molar-refractivity contribution in [3.05, 3.63) is 72.3 Å². The molecular weight excluding hydrogens is 416 g/mol. The van der Waals surface area contributed by atoms with E-state index < -0.39 is 6.10 Å². The zero-order valence-electron chi connectivity index (χ0n) is 19.0. The summed E-state index contributed by atoms with van der Waals surface area (Å²) in [6.45, 7) is 4.81. The monoisotopic (exact) mass is 448 g/mol.